The highest BCUT2D eigenvalue weighted by molar-refractivity contribution is 6.31. The third kappa shape index (κ3) is 2.99. The van der Waals surface area contributed by atoms with Gasteiger partial charge in [0.05, 0.1) is 0 Å². The number of hydrogen-bond acceptors (Lipinski definition) is 2. The topological polar surface area (TPSA) is 37.4 Å². The summed E-state index contributed by atoms with van der Waals surface area (Å²) in [5.41, 5.74) is -0.0893. The van der Waals surface area contributed by atoms with Crippen LogP contribution in [0.4, 0.5) is 0 Å². The highest BCUT2D eigenvalue weighted by atomic mass is 35.5. The van der Waals surface area contributed by atoms with E-state index in [9.17, 15) is 9.59 Å². The summed E-state index contributed by atoms with van der Waals surface area (Å²) in [6.45, 7) is 0. The van der Waals surface area contributed by atoms with Crippen molar-refractivity contribution in [3.63, 3.8) is 0 Å². The second-order valence-corrected chi connectivity index (χ2v) is 7.61. The van der Waals surface area contributed by atoms with Crippen molar-refractivity contribution in [1.29, 1.82) is 0 Å². The van der Waals surface area contributed by atoms with E-state index in [2.05, 4.69) is 0 Å². The summed E-state index contributed by atoms with van der Waals surface area (Å²) >= 11 is 6.46. The molecule has 2 aliphatic rings. The van der Waals surface area contributed by atoms with Crippen LogP contribution >= 0.6 is 11.6 Å². The zero-order chi connectivity index (χ0) is 17.2. The van der Waals surface area contributed by atoms with Gasteiger partial charge in [0.2, 0.25) is 5.91 Å². The van der Waals surface area contributed by atoms with Gasteiger partial charge < -0.3 is 4.90 Å². The van der Waals surface area contributed by atoms with Crippen molar-refractivity contribution in [3.8, 4) is 0 Å². The molecule has 0 N–H and O–H groups in total. The number of nitrogens with zero attached hydrogens (tertiary/aromatic N) is 1. The third-order valence-corrected chi connectivity index (χ3v) is 6.16. The molecule has 24 heavy (non-hydrogen) atoms. The van der Waals surface area contributed by atoms with E-state index in [-0.39, 0.29) is 17.6 Å². The van der Waals surface area contributed by atoms with Crippen LogP contribution in [0.5, 0.6) is 0 Å². The maximum Gasteiger partial charge on any atom is 0.226 e. The van der Waals surface area contributed by atoms with Gasteiger partial charge in [-0.25, -0.2) is 0 Å². The second kappa shape index (κ2) is 7.26. The van der Waals surface area contributed by atoms with Gasteiger partial charge in [0.1, 0.15) is 5.54 Å². The van der Waals surface area contributed by atoms with Crippen LogP contribution in [0, 0.1) is 5.92 Å². The monoisotopic (exact) mass is 347 g/mol. The molecule has 1 atom stereocenters. The molecule has 0 bridgehead atoms. The first-order chi connectivity index (χ1) is 11.6. The highest BCUT2D eigenvalue weighted by Crippen LogP contribution is 2.43. The van der Waals surface area contributed by atoms with Crippen LogP contribution in [0.15, 0.2) is 24.3 Å². The SMILES string of the molecule is CN(C(=O)C1CCCCC1)[C@@]1(c2ccccc2Cl)CCCCC1=O. The fraction of sp³-hybridized carbons (Fsp3) is 0.600. The Morgan fingerprint density at radius 1 is 1.12 bits per heavy atom. The van der Waals surface area contributed by atoms with Crippen LogP contribution in [-0.2, 0) is 15.1 Å². The van der Waals surface area contributed by atoms with Crippen LogP contribution in [-0.4, -0.2) is 23.6 Å². The predicted octanol–water partition coefficient (Wildman–Crippen LogP) is 4.72. The van der Waals surface area contributed by atoms with Gasteiger partial charge in [-0.05, 0) is 38.2 Å². The molecule has 3 nitrogen and oxygen atoms in total. The van der Waals surface area contributed by atoms with E-state index < -0.39 is 5.54 Å². The van der Waals surface area contributed by atoms with Gasteiger partial charge in [-0.15, -0.1) is 0 Å². The third-order valence-electron chi connectivity index (χ3n) is 5.83. The van der Waals surface area contributed by atoms with E-state index >= 15 is 0 Å². The van der Waals surface area contributed by atoms with Crippen LogP contribution in [0.3, 0.4) is 0 Å². The Labute approximate surface area is 149 Å². The Bertz CT molecular complexity index is 624. The zero-order valence-corrected chi connectivity index (χ0v) is 15.1. The van der Waals surface area contributed by atoms with E-state index in [1.807, 2.05) is 31.3 Å². The minimum Gasteiger partial charge on any atom is -0.329 e. The Balaban J connectivity index is 2.00. The smallest absolute Gasteiger partial charge is 0.226 e. The maximum absolute atomic E-state index is 13.2. The molecule has 0 radical (unpaired) electrons. The number of amides is 1. The van der Waals surface area contributed by atoms with E-state index in [1.165, 1.54) is 6.42 Å². The van der Waals surface area contributed by atoms with E-state index in [0.29, 0.717) is 17.9 Å². The number of carbonyl (C=O) groups is 2. The Kier molecular flexibility index (Phi) is 5.29. The first-order valence-electron chi connectivity index (χ1n) is 9.13. The van der Waals surface area contributed by atoms with E-state index in [4.69, 9.17) is 11.6 Å². The molecule has 0 unspecified atom stereocenters. The largest absolute Gasteiger partial charge is 0.329 e. The summed E-state index contributed by atoms with van der Waals surface area (Å²) in [5.74, 6) is 0.302. The van der Waals surface area contributed by atoms with Gasteiger partial charge in [-0.3, -0.25) is 9.59 Å². The summed E-state index contributed by atoms with van der Waals surface area (Å²) in [6, 6.07) is 7.51. The summed E-state index contributed by atoms with van der Waals surface area (Å²) in [4.78, 5) is 28.0. The number of likely N-dealkylation sites (N-methyl/N-ethyl adjacent to an activating group) is 1. The molecule has 0 heterocycles. The molecule has 2 aliphatic carbocycles. The van der Waals surface area contributed by atoms with Gasteiger partial charge >= 0.3 is 0 Å². The molecule has 1 amide bonds. The number of rotatable bonds is 3. The summed E-state index contributed by atoms with van der Waals surface area (Å²) < 4.78 is 0. The van der Waals surface area contributed by atoms with Crippen molar-refractivity contribution >= 4 is 23.3 Å². The lowest BCUT2D eigenvalue weighted by molar-refractivity contribution is -0.151. The van der Waals surface area contributed by atoms with Crippen molar-refractivity contribution in [2.75, 3.05) is 7.05 Å². The fourth-order valence-corrected chi connectivity index (χ4v) is 4.73. The van der Waals surface area contributed by atoms with Crippen molar-refractivity contribution in [1.82, 2.24) is 4.90 Å². The first-order valence-corrected chi connectivity index (χ1v) is 9.51. The van der Waals surface area contributed by atoms with Crippen LogP contribution in [0.2, 0.25) is 5.02 Å². The lowest BCUT2D eigenvalue weighted by Crippen LogP contribution is -2.55. The van der Waals surface area contributed by atoms with Crippen molar-refractivity contribution < 1.29 is 9.59 Å². The Hall–Kier alpha value is -1.35. The zero-order valence-electron chi connectivity index (χ0n) is 14.4. The lowest BCUT2D eigenvalue weighted by atomic mass is 9.73. The summed E-state index contributed by atoms with van der Waals surface area (Å²) in [5, 5.41) is 0.580. The van der Waals surface area contributed by atoms with Gasteiger partial charge in [-0.2, -0.15) is 0 Å². The number of hydrogen-bond donors (Lipinski definition) is 0. The second-order valence-electron chi connectivity index (χ2n) is 7.20. The molecule has 130 valence electrons. The molecule has 2 fully saturated rings. The number of benzene rings is 1. The molecule has 0 aliphatic heterocycles. The molecule has 0 spiro atoms. The van der Waals surface area contributed by atoms with Crippen molar-refractivity contribution in [2.45, 2.75) is 63.3 Å². The van der Waals surface area contributed by atoms with Crippen molar-refractivity contribution in [3.05, 3.63) is 34.9 Å². The predicted molar refractivity (Wildman–Crippen MR) is 96.0 cm³/mol. The average molecular weight is 348 g/mol. The minimum atomic E-state index is -0.884. The first kappa shape index (κ1) is 17.5. The summed E-state index contributed by atoms with van der Waals surface area (Å²) in [6.07, 6.45) is 8.34. The lowest BCUT2D eigenvalue weighted by Gasteiger charge is -2.45. The fourth-order valence-electron chi connectivity index (χ4n) is 4.44. The maximum atomic E-state index is 13.2. The standard InChI is InChI=1S/C20H26ClNO2/c1-22(19(24)15-9-3-2-4-10-15)20(14-8-7-13-18(20)23)16-11-5-6-12-17(16)21/h5-6,11-12,15H,2-4,7-10,13-14H2,1H3/t20-/m1/s1. The van der Waals surface area contributed by atoms with Gasteiger partial charge in [0.15, 0.2) is 5.78 Å². The molecule has 1 aromatic rings. The van der Waals surface area contributed by atoms with Gasteiger partial charge in [-0.1, -0.05) is 49.1 Å². The normalized spacial score (nSPS) is 25.5. The molecular formula is C20H26ClNO2. The number of carbonyl (C=O) groups excluding carboxylic acids is 2. The Morgan fingerprint density at radius 3 is 2.50 bits per heavy atom. The highest BCUT2D eigenvalue weighted by Gasteiger charge is 2.48. The van der Waals surface area contributed by atoms with Gasteiger partial charge in [0, 0.05) is 30.0 Å². The molecule has 2 saturated carbocycles. The molecule has 0 aromatic heterocycles. The van der Waals surface area contributed by atoms with Crippen LogP contribution in [0.25, 0.3) is 0 Å². The van der Waals surface area contributed by atoms with E-state index in [1.54, 1.807) is 4.90 Å². The molecule has 1 aromatic carbocycles. The number of ketones is 1. The minimum absolute atomic E-state index is 0.0536. The molecule has 3 rings (SSSR count). The van der Waals surface area contributed by atoms with Crippen LogP contribution in [0.1, 0.15) is 63.4 Å². The van der Waals surface area contributed by atoms with Gasteiger partial charge in [0.25, 0.3) is 0 Å². The Morgan fingerprint density at radius 2 is 1.83 bits per heavy atom. The van der Waals surface area contributed by atoms with Crippen molar-refractivity contribution in [2.24, 2.45) is 5.92 Å². The van der Waals surface area contributed by atoms with E-state index in [0.717, 1.165) is 44.1 Å². The molecular weight excluding hydrogens is 322 g/mol. The van der Waals surface area contributed by atoms with Crippen LogP contribution < -0.4 is 0 Å². The molecule has 4 heteroatoms. The quantitative estimate of drug-likeness (QED) is 0.793. The summed E-state index contributed by atoms with van der Waals surface area (Å²) in [7, 11) is 1.81. The number of Topliss-reactive ketones (excluding diaryl/α,β-unsaturated/α-hetero) is 1. The average Bonchev–Trinajstić information content (AvgIpc) is 2.62. The number of halogens is 1. The molecule has 0 saturated heterocycles.